The standard InChI is InChI=1S/C6H7F3N2O2/c1-11-3(5(12)13)2-4(10-11)6(7,8)9/h3H,2H2,1H3,(H,12,13)/t3-/m1/s1. The fourth-order valence-corrected chi connectivity index (χ4v) is 1.04. The molecule has 0 aromatic rings. The first-order valence-corrected chi connectivity index (χ1v) is 3.42. The minimum Gasteiger partial charge on any atom is -0.480 e. The van der Waals surface area contributed by atoms with Gasteiger partial charge in [0.1, 0.15) is 11.8 Å². The van der Waals surface area contributed by atoms with Crippen molar-refractivity contribution in [2.24, 2.45) is 5.10 Å². The average Bonchev–Trinajstić information content (AvgIpc) is 2.29. The number of hydrazone groups is 1. The summed E-state index contributed by atoms with van der Waals surface area (Å²) in [5.41, 5.74) is -1.04. The summed E-state index contributed by atoms with van der Waals surface area (Å²) in [5, 5.41) is 12.4. The third-order valence-corrected chi connectivity index (χ3v) is 1.73. The van der Waals surface area contributed by atoms with Crippen LogP contribution in [-0.2, 0) is 4.79 Å². The van der Waals surface area contributed by atoms with E-state index in [1.54, 1.807) is 0 Å². The first-order valence-electron chi connectivity index (χ1n) is 3.42. The minimum absolute atomic E-state index is 0.588. The highest BCUT2D eigenvalue weighted by Gasteiger charge is 2.43. The van der Waals surface area contributed by atoms with Crippen LogP contribution in [0.1, 0.15) is 6.42 Å². The zero-order valence-electron chi connectivity index (χ0n) is 6.67. The molecule has 4 nitrogen and oxygen atoms in total. The van der Waals surface area contributed by atoms with Crippen LogP contribution in [0.4, 0.5) is 13.2 Å². The Bertz CT molecular complexity index is 261. The van der Waals surface area contributed by atoms with Gasteiger partial charge in [-0.3, -0.25) is 5.01 Å². The summed E-state index contributed by atoms with van der Waals surface area (Å²) < 4.78 is 36.1. The highest BCUT2D eigenvalue weighted by Crippen LogP contribution is 2.26. The molecule has 0 fully saturated rings. The van der Waals surface area contributed by atoms with Crippen LogP contribution in [0.5, 0.6) is 0 Å². The third kappa shape index (κ3) is 1.90. The fraction of sp³-hybridized carbons (Fsp3) is 0.667. The molecule has 1 atom stereocenters. The van der Waals surface area contributed by atoms with Crippen LogP contribution in [0, 0.1) is 0 Å². The van der Waals surface area contributed by atoms with E-state index in [1.165, 1.54) is 7.05 Å². The number of alkyl halides is 3. The van der Waals surface area contributed by atoms with Gasteiger partial charge >= 0.3 is 12.1 Å². The quantitative estimate of drug-likeness (QED) is 0.671. The normalized spacial score (nSPS) is 23.2. The first-order chi connectivity index (χ1) is 5.82. The third-order valence-electron chi connectivity index (χ3n) is 1.73. The second-order valence-electron chi connectivity index (χ2n) is 2.68. The summed E-state index contributed by atoms with van der Waals surface area (Å²) >= 11 is 0. The summed E-state index contributed by atoms with van der Waals surface area (Å²) in [6.07, 6.45) is -5.12. The van der Waals surface area contributed by atoms with Crippen molar-refractivity contribution in [3.8, 4) is 0 Å². The summed E-state index contributed by atoms with van der Waals surface area (Å²) in [4.78, 5) is 10.4. The Morgan fingerprint density at radius 1 is 1.69 bits per heavy atom. The maximum absolute atomic E-state index is 12.0. The number of aliphatic carboxylic acids is 1. The number of carbonyl (C=O) groups is 1. The van der Waals surface area contributed by atoms with Crippen molar-refractivity contribution in [3.05, 3.63) is 0 Å². The van der Waals surface area contributed by atoms with Crippen LogP contribution in [0.25, 0.3) is 0 Å². The summed E-state index contributed by atoms with van der Waals surface area (Å²) in [7, 11) is 1.21. The molecule has 1 heterocycles. The molecule has 7 heteroatoms. The molecule has 0 unspecified atom stereocenters. The zero-order chi connectivity index (χ0) is 10.2. The van der Waals surface area contributed by atoms with E-state index in [-0.39, 0.29) is 0 Å². The van der Waals surface area contributed by atoms with E-state index in [2.05, 4.69) is 5.10 Å². The molecular formula is C6H7F3N2O2. The number of halogens is 3. The molecule has 0 radical (unpaired) electrons. The molecule has 74 valence electrons. The second-order valence-corrected chi connectivity index (χ2v) is 2.68. The Labute approximate surface area is 71.6 Å². The van der Waals surface area contributed by atoms with Gasteiger partial charge in [0.15, 0.2) is 0 Å². The molecule has 1 aliphatic rings. The van der Waals surface area contributed by atoms with Gasteiger partial charge in [-0.1, -0.05) is 0 Å². The second kappa shape index (κ2) is 2.90. The van der Waals surface area contributed by atoms with E-state index in [1.807, 2.05) is 0 Å². The van der Waals surface area contributed by atoms with E-state index in [0.717, 1.165) is 5.01 Å². The van der Waals surface area contributed by atoms with Crippen molar-refractivity contribution in [2.45, 2.75) is 18.6 Å². The number of carboxylic acids is 1. The van der Waals surface area contributed by atoms with Crippen LogP contribution in [0.15, 0.2) is 5.10 Å². The van der Waals surface area contributed by atoms with Crippen molar-refractivity contribution in [1.82, 2.24) is 5.01 Å². The first kappa shape index (κ1) is 9.82. The van der Waals surface area contributed by atoms with Crippen molar-refractivity contribution < 1.29 is 23.1 Å². The van der Waals surface area contributed by atoms with Crippen LogP contribution in [0.2, 0.25) is 0 Å². The van der Waals surface area contributed by atoms with Crippen LogP contribution in [-0.4, -0.2) is 41.1 Å². The van der Waals surface area contributed by atoms with Gasteiger partial charge in [0.2, 0.25) is 0 Å². The van der Waals surface area contributed by atoms with E-state index >= 15 is 0 Å². The number of hydrogen-bond acceptors (Lipinski definition) is 3. The molecule has 1 N–H and O–H groups in total. The molecule has 0 saturated carbocycles. The molecule has 0 amide bonds. The van der Waals surface area contributed by atoms with Crippen LogP contribution >= 0.6 is 0 Å². The Morgan fingerprint density at radius 3 is 2.46 bits per heavy atom. The highest BCUT2D eigenvalue weighted by molar-refractivity contribution is 5.95. The lowest BCUT2D eigenvalue weighted by Gasteiger charge is -2.12. The molecular weight excluding hydrogens is 189 g/mol. The maximum atomic E-state index is 12.0. The van der Waals surface area contributed by atoms with Gasteiger partial charge in [-0.25, -0.2) is 4.79 Å². The lowest BCUT2D eigenvalue weighted by Crippen LogP contribution is -2.32. The molecule has 13 heavy (non-hydrogen) atoms. The molecule has 0 aromatic carbocycles. The van der Waals surface area contributed by atoms with Gasteiger partial charge in [-0.15, -0.1) is 0 Å². The number of hydrogen-bond donors (Lipinski definition) is 1. The molecule has 0 bridgehead atoms. The zero-order valence-corrected chi connectivity index (χ0v) is 6.67. The number of likely N-dealkylation sites (N-methyl/N-ethyl adjacent to an activating group) is 1. The van der Waals surface area contributed by atoms with E-state index < -0.39 is 30.3 Å². The molecule has 1 aliphatic heterocycles. The minimum atomic E-state index is -4.53. The van der Waals surface area contributed by atoms with Gasteiger partial charge in [-0.2, -0.15) is 18.3 Å². The molecule has 0 aromatic heterocycles. The average molecular weight is 196 g/mol. The topological polar surface area (TPSA) is 52.9 Å². The van der Waals surface area contributed by atoms with Gasteiger partial charge in [0, 0.05) is 13.5 Å². The van der Waals surface area contributed by atoms with Gasteiger partial charge < -0.3 is 5.11 Å². The number of rotatable bonds is 1. The van der Waals surface area contributed by atoms with Crippen molar-refractivity contribution in [1.29, 1.82) is 0 Å². The summed E-state index contributed by atoms with van der Waals surface area (Å²) in [6, 6.07) is -1.20. The fourth-order valence-electron chi connectivity index (χ4n) is 1.04. The molecule has 0 saturated heterocycles. The van der Waals surface area contributed by atoms with Gasteiger partial charge in [0.25, 0.3) is 0 Å². The van der Waals surface area contributed by atoms with Crippen LogP contribution in [0.3, 0.4) is 0 Å². The highest BCUT2D eigenvalue weighted by atomic mass is 19.4. The largest absolute Gasteiger partial charge is 0.480 e. The van der Waals surface area contributed by atoms with E-state index in [0.29, 0.717) is 0 Å². The summed E-state index contributed by atoms with van der Waals surface area (Å²) in [5.74, 6) is -1.30. The van der Waals surface area contributed by atoms with Gasteiger partial charge in [0.05, 0.1) is 0 Å². The Balaban J connectivity index is 2.77. The Kier molecular flexibility index (Phi) is 2.19. The van der Waals surface area contributed by atoms with Crippen molar-refractivity contribution in [3.63, 3.8) is 0 Å². The van der Waals surface area contributed by atoms with E-state index in [4.69, 9.17) is 5.11 Å². The molecule has 0 aliphatic carbocycles. The Hall–Kier alpha value is -1.27. The van der Waals surface area contributed by atoms with Crippen molar-refractivity contribution in [2.75, 3.05) is 7.05 Å². The maximum Gasteiger partial charge on any atom is 0.431 e. The predicted octanol–water partition coefficient (Wildman–Crippen LogP) is 0.693. The van der Waals surface area contributed by atoms with Crippen molar-refractivity contribution >= 4 is 11.7 Å². The monoisotopic (exact) mass is 196 g/mol. The lowest BCUT2D eigenvalue weighted by atomic mass is 10.1. The van der Waals surface area contributed by atoms with Gasteiger partial charge in [-0.05, 0) is 0 Å². The molecule has 0 spiro atoms. The lowest BCUT2D eigenvalue weighted by molar-refractivity contribution is -0.142. The predicted molar refractivity (Wildman–Crippen MR) is 37.3 cm³/mol. The van der Waals surface area contributed by atoms with E-state index in [9.17, 15) is 18.0 Å². The SMILES string of the molecule is CN1N=C(C(F)(F)F)C[C@@H]1C(=O)O. The molecule has 1 rings (SSSR count). The number of carboxylic acid groups (broad SMARTS) is 1. The smallest absolute Gasteiger partial charge is 0.431 e. The Morgan fingerprint density at radius 2 is 2.23 bits per heavy atom. The number of nitrogens with zero attached hydrogens (tertiary/aromatic N) is 2. The summed E-state index contributed by atoms with van der Waals surface area (Å²) in [6.45, 7) is 0. The van der Waals surface area contributed by atoms with Crippen LogP contribution < -0.4 is 0 Å².